The average Bonchev–Trinajstić information content (AvgIpc) is 3.35. The van der Waals surface area contributed by atoms with Crippen LogP contribution in [0, 0.1) is 0 Å². The molecule has 26 heavy (non-hydrogen) atoms. The van der Waals surface area contributed by atoms with E-state index in [9.17, 15) is 4.79 Å². The molecule has 1 fully saturated rings. The van der Waals surface area contributed by atoms with E-state index in [1.165, 1.54) is 0 Å². The Morgan fingerprint density at radius 1 is 1.15 bits per heavy atom. The number of rotatable bonds is 4. The normalized spacial score (nSPS) is 15.3. The number of aromatic nitrogens is 2. The van der Waals surface area contributed by atoms with E-state index in [2.05, 4.69) is 21.2 Å². The minimum Gasteiger partial charge on any atom is -0.335 e. The number of nitrogens with one attached hydrogen (secondary N) is 1. The van der Waals surface area contributed by atoms with Crippen LogP contribution in [0.4, 0.5) is 0 Å². The second kappa shape index (κ2) is 7.61. The quantitative estimate of drug-likeness (QED) is 0.743. The summed E-state index contributed by atoms with van der Waals surface area (Å²) >= 11 is 7.87. The molecule has 1 amide bonds. The first-order chi connectivity index (χ1) is 12.7. The van der Waals surface area contributed by atoms with Crippen molar-refractivity contribution in [1.29, 1.82) is 0 Å². The van der Waals surface area contributed by atoms with Crippen LogP contribution in [-0.4, -0.2) is 52.1 Å². The van der Waals surface area contributed by atoms with Crippen molar-refractivity contribution in [2.75, 3.05) is 26.2 Å². The molecular weight excluding hydrogens is 368 g/mol. The number of benzene rings is 1. The molecule has 1 aliphatic heterocycles. The summed E-state index contributed by atoms with van der Waals surface area (Å²) in [6.07, 6.45) is 0. The maximum Gasteiger partial charge on any atom is 0.274 e. The van der Waals surface area contributed by atoms with Crippen molar-refractivity contribution in [2.24, 2.45) is 0 Å². The first-order valence-corrected chi connectivity index (χ1v) is 9.81. The van der Waals surface area contributed by atoms with Gasteiger partial charge in [-0.2, -0.15) is 5.10 Å². The van der Waals surface area contributed by atoms with Gasteiger partial charge in [-0.3, -0.25) is 14.8 Å². The lowest BCUT2D eigenvalue weighted by Crippen LogP contribution is -2.48. The summed E-state index contributed by atoms with van der Waals surface area (Å²) in [6, 6.07) is 13.8. The Morgan fingerprint density at radius 3 is 2.69 bits per heavy atom. The Kier molecular flexibility index (Phi) is 5.06. The average molecular weight is 387 g/mol. The molecule has 1 N–H and O–H groups in total. The number of carbonyl (C=O) groups excluding carboxylic acids is 1. The minimum atomic E-state index is -0.0125. The summed E-state index contributed by atoms with van der Waals surface area (Å²) in [4.78, 5) is 18.0. The molecule has 1 aromatic carbocycles. The topological polar surface area (TPSA) is 52.2 Å². The van der Waals surface area contributed by atoms with Gasteiger partial charge in [0, 0.05) is 37.7 Å². The Labute approximate surface area is 161 Å². The number of H-pyrrole nitrogens is 1. The van der Waals surface area contributed by atoms with Gasteiger partial charge in [0.2, 0.25) is 0 Å². The van der Waals surface area contributed by atoms with E-state index in [4.69, 9.17) is 11.6 Å². The predicted molar refractivity (Wildman–Crippen MR) is 105 cm³/mol. The monoisotopic (exact) mass is 386 g/mol. The van der Waals surface area contributed by atoms with Gasteiger partial charge in [-0.15, -0.1) is 11.3 Å². The van der Waals surface area contributed by atoms with Crippen LogP contribution in [0.25, 0.3) is 10.6 Å². The van der Waals surface area contributed by atoms with Crippen molar-refractivity contribution in [2.45, 2.75) is 6.54 Å². The van der Waals surface area contributed by atoms with Crippen molar-refractivity contribution in [3.05, 3.63) is 64.1 Å². The van der Waals surface area contributed by atoms with Crippen molar-refractivity contribution in [1.82, 2.24) is 20.0 Å². The molecule has 1 aliphatic rings. The fourth-order valence-corrected chi connectivity index (χ4v) is 4.02. The molecule has 4 rings (SSSR count). The molecule has 2 aromatic heterocycles. The molecule has 1 saturated heterocycles. The van der Waals surface area contributed by atoms with E-state index < -0.39 is 0 Å². The molecule has 0 spiro atoms. The molecule has 3 aromatic rings. The maximum atomic E-state index is 12.7. The van der Waals surface area contributed by atoms with Crippen molar-refractivity contribution in [3.8, 4) is 10.6 Å². The third-order valence-electron chi connectivity index (χ3n) is 4.59. The Balaban J connectivity index is 1.36. The maximum absolute atomic E-state index is 12.7. The Bertz CT molecular complexity index is 885. The largest absolute Gasteiger partial charge is 0.335 e. The first-order valence-electron chi connectivity index (χ1n) is 8.55. The molecule has 3 heterocycles. The second-order valence-electron chi connectivity index (χ2n) is 6.30. The van der Waals surface area contributed by atoms with Crippen LogP contribution in [-0.2, 0) is 6.54 Å². The van der Waals surface area contributed by atoms with E-state index >= 15 is 0 Å². The zero-order valence-electron chi connectivity index (χ0n) is 14.2. The number of hydrogen-bond donors (Lipinski definition) is 1. The molecule has 0 bridgehead atoms. The number of carbonyl (C=O) groups is 1. The van der Waals surface area contributed by atoms with Gasteiger partial charge >= 0.3 is 0 Å². The molecule has 5 nitrogen and oxygen atoms in total. The molecule has 0 atom stereocenters. The second-order valence-corrected chi connectivity index (χ2v) is 7.66. The van der Waals surface area contributed by atoms with Gasteiger partial charge in [-0.05, 0) is 29.1 Å². The molecule has 0 unspecified atom stereocenters. The Hall–Kier alpha value is -2.15. The van der Waals surface area contributed by atoms with Gasteiger partial charge < -0.3 is 4.90 Å². The van der Waals surface area contributed by atoms with Crippen LogP contribution in [0.1, 0.15) is 16.1 Å². The number of hydrogen-bond acceptors (Lipinski definition) is 4. The SMILES string of the molecule is O=C(c1cc(-c2cccs2)[nH]n1)N1CCN(Cc2ccccc2Cl)CC1. The van der Waals surface area contributed by atoms with Crippen molar-refractivity contribution >= 4 is 28.8 Å². The Morgan fingerprint density at radius 2 is 1.96 bits per heavy atom. The standard InChI is InChI=1S/C19H19ClN4OS/c20-15-5-2-1-4-14(15)13-23-7-9-24(10-8-23)19(25)17-12-16(21-22-17)18-6-3-11-26-18/h1-6,11-12H,7-10,13H2,(H,21,22). The fraction of sp³-hybridized carbons (Fsp3) is 0.263. The number of aromatic amines is 1. The van der Waals surface area contributed by atoms with E-state index in [0.717, 1.165) is 40.8 Å². The van der Waals surface area contributed by atoms with Crippen LogP contribution in [0.3, 0.4) is 0 Å². The van der Waals surface area contributed by atoms with E-state index in [1.54, 1.807) is 11.3 Å². The van der Waals surface area contributed by atoms with E-state index in [-0.39, 0.29) is 5.91 Å². The summed E-state index contributed by atoms with van der Waals surface area (Å²) in [6.45, 7) is 3.87. The van der Waals surface area contributed by atoms with Crippen LogP contribution in [0.5, 0.6) is 0 Å². The molecule has 0 saturated carbocycles. The van der Waals surface area contributed by atoms with Gasteiger partial charge in [0.15, 0.2) is 5.69 Å². The van der Waals surface area contributed by atoms with Crippen LogP contribution in [0.15, 0.2) is 47.8 Å². The molecule has 7 heteroatoms. The highest BCUT2D eigenvalue weighted by molar-refractivity contribution is 7.13. The fourth-order valence-electron chi connectivity index (χ4n) is 3.13. The number of amides is 1. The number of thiophene rings is 1. The lowest BCUT2D eigenvalue weighted by atomic mass is 10.2. The smallest absolute Gasteiger partial charge is 0.274 e. The van der Waals surface area contributed by atoms with Crippen molar-refractivity contribution in [3.63, 3.8) is 0 Å². The van der Waals surface area contributed by atoms with Crippen LogP contribution < -0.4 is 0 Å². The van der Waals surface area contributed by atoms with Gasteiger partial charge in [-0.25, -0.2) is 0 Å². The third-order valence-corrected chi connectivity index (χ3v) is 5.87. The van der Waals surface area contributed by atoms with Gasteiger partial charge in [0.25, 0.3) is 5.91 Å². The molecule has 0 radical (unpaired) electrons. The molecular formula is C19H19ClN4OS. The number of halogens is 1. The van der Waals surface area contributed by atoms with E-state index in [1.807, 2.05) is 46.7 Å². The van der Waals surface area contributed by atoms with Gasteiger partial charge in [0.1, 0.15) is 0 Å². The number of piperazine rings is 1. The van der Waals surface area contributed by atoms with E-state index in [0.29, 0.717) is 18.8 Å². The first kappa shape index (κ1) is 17.3. The highest BCUT2D eigenvalue weighted by Crippen LogP contribution is 2.23. The van der Waals surface area contributed by atoms with Gasteiger partial charge in [-0.1, -0.05) is 35.9 Å². The van der Waals surface area contributed by atoms with Crippen LogP contribution in [0.2, 0.25) is 5.02 Å². The highest BCUT2D eigenvalue weighted by atomic mass is 35.5. The lowest BCUT2D eigenvalue weighted by Gasteiger charge is -2.34. The lowest BCUT2D eigenvalue weighted by molar-refractivity contribution is 0.0622. The van der Waals surface area contributed by atoms with Gasteiger partial charge in [0.05, 0.1) is 10.6 Å². The predicted octanol–water partition coefficient (Wildman–Crippen LogP) is 3.75. The zero-order chi connectivity index (χ0) is 17.9. The van der Waals surface area contributed by atoms with Crippen LogP contribution >= 0.6 is 22.9 Å². The molecule has 0 aliphatic carbocycles. The summed E-state index contributed by atoms with van der Waals surface area (Å²) in [7, 11) is 0. The summed E-state index contributed by atoms with van der Waals surface area (Å²) in [5.41, 5.74) is 2.50. The molecule has 134 valence electrons. The summed E-state index contributed by atoms with van der Waals surface area (Å²) in [5, 5.41) is 9.97. The minimum absolute atomic E-state index is 0.0125. The highest BCUT2D eigenvalue weighted by Gasteiger charge is 2.24. The number of nitrogens with zero attached hydrogens (tertiary/aromatic N) is 3. The summed E-state index contributed by atoms with van der Waals surface area (Å²) < 4.78 is 0. The zero-order valence-corrected chi connectivity index (χ0v) is 15.8. The van der Waals surface area contributed by atoms with Crippen molar-refractivity contribution < 1.29 is 4.79 Å². The summed E-state index contributed by atoms with van der Waals surface area (Å²) in [5.74, 6) is -0.0125. The third kappa shape index (κ3) is 3.67.